The first-order chi connectivity index (χ1) is 13.3. The minimum atomic E-state index is -0.729. The van der Waals surface area contributed by atoms with E-state index in [1.807, 2.05) is 6.92 Å². The molecule has 0 atom stereocenters. The summed E-state index contributed by atoms with van der Waals surface area (Å²) in [5.41, 5.74) is 2.09. The number of fused-ring (bicyclic) bond motifs is 1. The summed E-state index contributed by atoms with van der Waals surface area (Å²) < 4.78 is 12.9. The van der Waals surface area contributed by atoms with Crippen LogP contribution in [0.25, 0.3) is 11.0 Å². The van der Waals surface area contributed by atoms with E-state index in [9.17, 15) is 14.4 Å². The molecular weight excluding hydrogens is 376 g/mol. The molecule has 2 aromatic rings. The van der Waals surface area contributed by atoms with Crippen molar-refractivity contribution < 1.29 is 19.1 Å². The summed E-state index contributed by atoms with van der Waals surface area (Å²) in [6, 6.07) is 5.03. The maximum Gasteiger partial charge on any atom is 0.428 e. The normalized spacial score (nSPS) is 12.4. The first-order valence-corrected chi connectivity index (χ1v) is 9.33. The van der Waals surface area contributed by atoms with Gasteiger partial charge in [-0.15, -0.1) is 0 Å². The minimum absolute atomic E-state index is 0.377. The molecular formula is C20H28N4O5. The van der Waals surface area contributed by atoms with Crippen LogP contribution in [-0.2, 0) is 16.0 Å². The zero-order valence-corrected chi connectivity index (χ0v) is 17.9. The lowest BCUT2D eigenvalue weighted by atomic mass is 10.2. The highest BCUT2D eigenvalue weighted by Crippen LogP contribution is 2.17. The number of aryl methyl sites for hydroxylation is 1. The molecule has 9 nitrogen and oxygen atoms in total. The summed E-state index contributed by atoms with van der Waals surface area (Å²) in [6.07, 6.45) is 0.0302. The summed E-state index contributed by atoms with van der Waals surface area (Å²) in [6.45, 7) is 12.7. The zero-order chi connectivity index (χ0) is 22.0. The maximum absolute atomic E-state index is 12.7. The van der Waals surface area contributed by atoms with Crippen LogP contribution < -0.4 is 11.1 Å². The number of amides is 1. The van der Waals surface area contributed by atoms with Crippen LogP contribution in [0.15, 0.2) is 28.1 Å². The molecule has 1 N–H and O–H groups in total. The second kappa shape index (κ2) is 8.10. The van der Waals surface area contributed by atoms with Crippen molar-refractivity contribution in [3.63, 3.8) is 0 Å². The summed E-state index contributed by atoms with van der Waals surface area (Å²) >= 11 is 0. The van der Waals surface area contributed by atoms with Crippen LogP contribution in [0, 0.1) is 0 Å². The molecule has 0 saturated heterocycles. The average Bonchev–Trinajstić information content (AvgIpc) is 2.82. The summed E-state index contributed by atoms with van der Waals surface area (Å²) in [4.78, 5) is 36.9. The van der Waals surface area contributed by atoms with Gasteiger partial charge in [-0.1, -0.05) is 6.07 Å². The number of aromatic nitrogens is 2. The van der Waals surface area contributed by atoms with Crippen molar-refractivity contribution in [3.8, 4) is 0 Å². The Morgan fingerprint density at radius 3 is 2.24 bits per heavy atom. The lowest BCUT2D eigenvalue weighted by Gasteiger charge is -2.19. The zero-order valence-electron chi connectivity index (χ0n) is 17.9. The van der Waals surface area contributed by atoms with Gasteiger partial charge in [0.25, 0.3) is 0 Å². The first-order valence-electron chi connectivity index (χ1n) is 9.33. The SMILES string of the molecule is CCn1c(=O)n(C(=O)OC(C)(C)C)c2ccc(/C=N/NC(=O)OC(C)(C)C)cc21. The second-order valence-corrected chi connectivity index (χ2v) is 8.46. The monoisotopic (exact) mass is 404 g/mol. The molecule has 0 radical (unpaired) electrons. The van der Waals surface area contributed by atoms with Gasteiger partial charge in [0.15, 0.2) is 0 Å². The van der Waals surface area contributed by atoms with Gasteiger partial charge in [-0.05, 0) is 66.2 Å². The van der Waals surface area contributed by atoms with Crippen molar-refractivity contribution in [3.05, 3.63) is 34.2 Å². The minimum Gasteiger partial charge on any atom is -0.443 e. The van der Waals surface area contributed by atoms with Crippen molar-refractivity contribution in [2.75, 3.05) is 0 Å². The highest BCUT2D eigenvalue weighted by molar-refractivity contribution is 5.92. The number of hydrogen-bond donors (Lipinski definition) is 1. The van der Waals surface area contributed by atoms with Gasteiger partial charge in [0.2, 0.25) is 0 Å². The average molecular weight is 404 g/mol. The number of carbonyl (C=O) groups is 2. The Bertz CT molecular complexity index is 1000. The molecule has 1 amide bonds. The molecule has 0 aliphatic rings. The van der Waals surface area contributed by atoms with Gasteiger partial charge in [0.1, 0.15) is 11.2 Å². The van der Waals surface area contributed by atoms with Crippen LogP contribution in [0.1, 0.15) is 54.0 Å². The molecule has 2 rings (SSSR count). The molecule has 0 aliphatic heterocycles. The van der Waals surface area contributed by atoms with Crippen molar-refractivity contribution in [2.24, 2.45) is 5.10 Å². The van der Waals surface area contributed by atoms with Crippen LogP contribution in [0.4, 0.5) is 9.59 Å². The van der Waals surface area contributed by atoms with Crippen LogP contribution in [-0.4, -0.2) is 38.7 Å². The van der Waals surface area contributed by atoms with Gasteiger partial charge >= 0.3 is 17.9 Å². The van der Waals surface area contributed by atoms with Crippen molar-refractivity contribution in [2.45, 2.75) is 66.2 Å². The molecule has 0 aliphatic carbocycles. The van der Waals surface area contributed by atoms with Crippen LogP contribution in [0.3, 0.4) is 0 Å². The van der Waals surface area contributed by atoms with Gasteiger partial charge in [-0.25, -0.2) is 19.8 Å². The Morgan fingerprint density at radius 1 is 1.07 bits per heavy atom. The van der Waals surface area contributed by atoms with Crippen LogP contribution in [0.5, 0.6) is 0 Å². The van der Waals surface area contributed by atoms with E-state index in [1.165, 1.54) is 10.8 Å². The predicted octanol–water partition coefficient (Wildman–Crippen LogP) is 3.46. The fourth-order valence-corrected chi connectivity index (χ4v) is 2.60. The molecule has 0 bridgehead atoms. The molecule has 0 fully saturated rings. The summed E-state index contributed by atoms with van der Waals surface area (Å²) in [5, 5.41) is 3.87. The number of nitrogens with zero attached hydrogens (tertiary/aromatic N) is 3. The van der Waals surface area contributed by atoms with Gasteiger partial charge in [-0.3, -0.25) is 4.57 Å². The van der Waals surface area contributed by atoms with E-state index < -0.39 is 29.1 Å². The number of hydrazone groups is 1. The molecule has 0 spiro atoms. The molecule has 1 aromatic heterocycles. The standard InChI is InChI=1S/C20H28N4O5/c1-8-23-15-11-13(12-21-22-16(25)28-19(2,3)4)9-10-14(15)24(17(23)26)18(27)29-20(5,6)7/h9-12H,8H2,1-7H3,(H,22,25)/b21-12+. The smallest absolute Gasteiger partial charge is 0.428 e. The Morgan fingerprint density at radius 2 is 1.69 bits per heavy atom. The third-order valence-electron chi connectivity index (χ3n) is 3.61. The highest BCUT2D eigenvalue weighted by atomic mass is 16.6. The summed E-state index contributed by atoms with van der Waals surface area (Å²) in [5.74, 6) is 0. The topological polar surface area (TPSA) is 104 Å². The summed E-state index contributed by atoms with van der Waals surface area (Å²) in [7, 11) is 0. The van der Waals surface area contributed by atoms with Gasteiger partial charge < -0.3 is 9.47 Å². The number of rotatable bonds is 3. The maximum atomic E-state index is 12.7. The Labute approximate surface area is 169 Å². The number of carbonyl (C=O) groups excluding carboxylic acids is 2. The fraction of sp³-hybridized carbons (Fsp3) is 0.500. The molecule has 1 aromatic carbocycles. The van der Waals surface area contributed by atoms with E-state index >= 15 is 0 Å². The highest BCUT2D eigenvalue weighted by Gasteiger charge is 2.23. The molecule has 158 valence electrons. The van der Waals surface area contributed by atoms with E-state index in [0.717, 1.165) is 4.57 Å². The quantitative estimate of drug-likeness (QED) is 0.623. The van der Waals surface area contributed by atoms with Gasteiger partial charge in [0, 0.05) is 6.54 Å². The molecule has 1 heterocycles. The number of imidazole rings is 1. The van der Waals surface area contributed by atoms with Crippen molar-refractivity contribution in [1.29, 1.82) is 0 Å². The van der Waals surface area contributed by atoms with E-state index in [2.05, 4.69) is 10.5 Å². The number of hydrogen-bond acceptors (Lipinski definition) is 6. The Balaban J connectivity index is 2.34. The number of nitrogens with one attached hydrogen (secondary N) is 1. The Kier molecular flexibility index (Phi) is 6.20. The number of ether oxygens (including phenoxy) is 2. The molecule has 0 unspecified atom stereocenters. The van der Waals surface area contributed by atoms with E-state index in [1.54, 1.807) is 59.7 Å². The Hall–Kier alpha value is -3.10. The van der Waals surface area contributed by atoms with Crippen molar-refractivity contribution >= 4 is 29.4 Å². The fourth-order valence-electron chi connectivity index (χ4n) is 2.60. The lowest BCUT2D eigenvalue weighted by Crippen LogP contribution is -2.34. The molecule has 29 heavy (non-hydrogen) atoms. The number of benzene rings is 1. The van der Waals surface area contributed by atoms with E-state index in [4.69, 9.17) is 9.47 Å². The largest absolute Gasteiger partial charge is 0.443 e. The molecule has 0 saturated carbocycles. The first kappa shape index (κ1) is 22.2. The second-order valence-electron chi connectivity index (χ2n) is 8.46. The van der Waals surface area contributed by atoms with E-state index in [0.29, 0.717) is 23.1 Å². The van der Waals surface area contributed by atoms with Crippen LogP contribution >= 0.6 is 0 Å². The van der Waals surface area contributed by atoms with Gasteiger partial charge in [-0.2, -0.15) is 9.67 Å². The van der Waals surface area contributed by atoms with E-state index in [-0.39, 0.29) is 0 Å². The van der Waals surface area contributed by atoms with Crippen LogP contribution in [0.2, 0.25) is 0 Å². The van der Waals surface area contributed by atoms with Gasteiger partial charge in [0.05, 0.1) is 17.2 Å². The lowest BCUT2D eigenvalue weighted by molar-refractivity contribution is 0.0521. The molecule has 9 heteroatoms. The third-order valence-corrected chi connectivity index (χ3v) is 3.61. The third kappa shape index (κ3) is 5.69. The predicted molar refractivity (Wildman–Crippen MR) is 110 cm³/mol. The van der Waals surface area contributed by atoms with Crippen molar-refractivity contribution in [1.82, 2.24) is 14.6 Å².